The summed E-state index contributed by atoms with van der Waals surface area (Å²) in [4.78, 5) is 34.9. The van der Waals surface area contributed by atoms with Crippen molar-refractivity contribution < 1.29 is 19.5 Å². The first kappa shape index (κ1) is 18.0. The van der Waals surface area contributed by atoms with Crippen molar-refractivity contribution in [3.05, 3.63) is 63.1 Å². The van der Waals surface area contributed by atoms with Crippen molar-refractivity contribution >= 4 is 51.0 Å². The van der Waals surface area contributed by atoms with Crippen LogP contribution in [0.3, 0.4) is 0 Å². The Morgan fingerprint density at radius 1 is 1.08 bits per heavy atom. The Morgan fingerprint density at radius 2 is 1.83 bits per heavy atom. The number of carboxylic acid groups (broad SMARTS) is 1. The number of hydrogen-bond donors (Lipinski definition) is 3. The molecule has 0 spiro atoms. The smallest absolute Gasteiger partial charge is 0.337 e. The van der Waals surface area contributed by atoms with Gasteiger partial charge in [0.1, 0.15) is 0 Å². The minimum absolute atomic E-state index is 0.00509. The number of carboxylic acids is 1. The van der Waals surface area contributed by atoms with E-state index >= 15 is 0 Å². The molecule has 124 valence electrons. The zero-order valence-electron chi connectivity index (χ0n) is 12.2. The van der Waals surface area contributed by atoms with E-state index in [1.165, 1.54) is 18.2 Å². The van der Waals surface area contributed by atoms with E-state index in [0.29, 0.717) is 0 Å². The lowest BCUT2D eigenvalue weighted by Gasteiger charge is -2.09. The van der Waals surface area contributed by atoms with Gasteiger partial charge in [-0.1, -0.05) is 39.7 Å². The van der Waals surface area contributed by atoms with Gasteiger partial charge in [-0.25, -0.2) is 4.79 Å². The van der Waals surface area contributed by atoms with Crippen molar-refractivity contribution in [3.8, 4) is 0 Å². The van der Waals surface area contributed by atoms with Crippen LogP contribution in [0.5, 0.6) is 0 Å². The van der Waals surface area contributed by atoms with Gasteiger partial charge in [0.05, 0.1) is 11.3 Å². The zero-order valence-corrected chi connectivity index (χ0v) is 14.5. The number of rotatable bonds is 4. The van der Waals surface area contributed by atoms with Crippen molar-refractivity contribution in [2.45, 2.75) is 6.54 Å². The number of halogens is 2. The number of carbonyl (C=O) groups is 3. The van der Waals surface area contributed by atoms with Crippen LogP contribution < -0.4 is 10.6 Å². The van der Waals surface area contributed by atoms with Gasteiger partial charge < -0.3 is 15.7 Å². The van der Waals surface area contributed by atoms with Crippen molar-refractivity contribution in [3.63, 3.8) is 0 Å². The maximum Gasteiger partial charge on any atom is 0.337 e. The molecule has 2 rings (SSSR count). The summed E-state index contributed by atoms with van der Waals surface area (Å²) in [5.41, 5.74) is 0.605. The number of anilines is 1. The van der Waals surface area contributed by atoms with E-state index in [2.05, 4.69) is 26.6 Å². The van der Waals surface area contributed by atoms with Gasteiger partial charge >= 0.3 is 17.8 Å². The first-order valence-corrected chi connectivity index (χ1v) is 7.90. The van der Waals surface area contributed by atoms with Crippen LogP contribution in [0.4, 0.5) is 5.69 Å². The first-order chi connectivity index (χ1) is 11.4. The summed E-state index contributed by atoms with van der Waals surface area (Å²) in [6.45, 7) is 0.165. The minimum Gasteiger partial charge on any atom is -0.478 e. The van der Waals surface area contributed by atoms with E-state index in [1.807, 2.05) is 6.07 Å². The van der Waals surface area contributed by atoms with Gasteiger partial charge in [0.2, 0.25) is 0 Å². The normalized spacial score (nSPS) is 10.1. The number of nitrogens with one attached hydrogen (secondary N) is 2. The first-order valence-electron chi connectivity index (χ1n) is 6.73. The molecule has 0 heterocycles. The van der Waals surface area contributed by atoms with Gasteiger partial charge in [-0.15, -0.1) is 0 Å². The van der Waals surface area contributed by atoms with Crippen molar-refractivity contribution in [2.24, 2.45) is 0 Å². The van der Waals surface area contributed by atoms with Crippen LogP contribution in [0.25, 0.3) is 0 Å². The standard InChI is InChI=1S/C16H12BrClN2O4/c17-10-3-1-2-9(6-10)8-19-14(21)15(22)20-13-5-4-11(18)7-12(13)16(23)24/h1-7H,8H2,(H,19,21)(H,20,22)(H,23,24). The molecule has 0 aliphatic heterocycles. The fourth-order valence-corrected chi connectivity index (χ4v) is 2.51. The highest BCUT2D eigenvalue weighted by Crippen LogP contribution is 2.20. The van der Waals surface area contributed by atoms with Gasteiger partial charge in [-0.3, -0.25) is 9.59 Å². The van der Waals surface area contributed by atoms with E-state index in [4.69, 9.17) is 16.7 Å². The molecule has 0 radical (unpaired) electrons. The molecular weight excluding hydrogens is 400 g/mol. The molecule has 0 saturated heterocycles. The second-order valence-corrected chi connectivity index (χ2v) is 6.11. The molecule has 0 aliphatic carbocycles. The summed E-state index contributed by atoms with van der Waals surface area (Å²) < 4.78 is 0.853. The maximum absolute atomic E-state index is 11.9. The van der Waals surface area contributed by atoms with Crippen molar-refractivity contribution in [1.82, 2.24) is 5.32 Å². The molecule has 0 saturated carbocycles. The molecule has 0 bridgehead atoms. The Morgan fingerprint density at radius 3 is 2.50 bits per heavy atom. The number of hydrogen-bond acceptors (Lipinski definition) is 3. The van der Waals surface area contributed by atoms with Crippen LogP contribution in [0.15, 0.2) is 46.9 Å². The summed E-state index contributed by atoms with van der Waals surface area (Å²) in [5.74, 6) is -3.10. The molecule has 0 aromatic heterocycles. The lowest BCUT2D eigenvalue weighted by Crippen LogP contribution is -2.35. The third-order valence-electron chi connectivity index (χ3n) is 3.01. The maximum atomic E-state index is 11.9. The second kappa shape index (κ2) is 7.94. The highest BCUT2D eigenvalue weighted by molar-refractivity contribution is 9.10. The molecule has 0 fully saturated rings. The second-order valence-electron chi connectivity index (χ2n) is 4.76. The lowest BCUT2D eigenvalue weighted by atomic mass is 10.2. The topological polar surface area (TPSA) is 95.5 Å². The van der Waals surface area contributed by atoms with Crippen LogP contribution in [-0.2, 0) is 16.1 Å². The Kier molecular flexibility index (Phi) is 5.94. The molecule has 3 N–H and O–H groups in total. The van der Waals surface area contributed by atoms with E-state index in [-0.39, 0.29) is 22.8 Å². The van der Waals surface area contributed by atoms with E-state index in [1.54, 1.807) is 18.2 Å². The molecule has 2 aromatic rings. The number of aromatic carboxylic acids is 1. The Balaban J connectivity index is 2.02. The van der Waals surface area contributed by atoms with Crippen molar-refractivity contribution in [2.75, 3.05) is 5.32 Å². The Bertz CT molecular complexity index is 810. The minimum atomic E-state index is -1.26. The predicted molar refractivity (Wildman–Crippen MR) is 93.0 cm³/mol. The SMILES string of the molecule is O=C(NCc1cccc(Br)c1)C(=O)Nc1ccc(Cl)cc1C(=O)O. The Hall–Kier alpha value is -2.38. The molecule has 6 nitrogen and oxygen atoms in total. The van der Waals surface area contributed by atoms with Crippen LogP contribution in [0, 0.1) is 0 Å². The van der Waals surface area contributed by atoms with E-state index < -0.39 is 17.8 Å². The molecule has 8 heteroatoms. The van der Waals surface area contributed by atoms with Gasteiger partial charge in [0.25, 0.3) is 0 Å². The van der Waals surface area contributed by atoms with E-state index in [9.17, 15) is 14.4 Å². The fraction of sp³-hybridized carbons (Fsp3) is 0.0625. The average molecular weight is 412 g/mol. The molecule has 0 unspecified atom stereocenters. The third-order valence-corrected chi connectivity index (χ3v) is 3.74. The fourth-order valence-electron chi connectivity index (χ4n) is 1.89. The molecule has 0 atom stereocenters. The average Bonchev–Trinajstić information content (AvgIpc) is 2.54. The van der Waals surface area contributed by atoms with E-state index in [0.717, 1.165) is 10.0 Å². The predicted octanol–water partition coefficient (Wildman–Crippen LogP) is 3.06. The van der Waals surface area contributed by atoms with Crippen LogP contribution in [0.2, 0.25) is 5.02 Å². The van der Waals surface area contributed by atoms with Gasteiger partial charge in [-0.2, -0.15) is 0 Å². The number of carbonyl (C=O) groups excluding carboxylic acids is 2. The molecular formula is C16H12BrClN2O4. The zero-order chi connectivity index (χ0) is 17.7. The Labute approximate surface area is 150 Å². The number of benzene rings is 2. The summed E-state index contributed by atoms with van der Waals surface area (Å²) in [6, 6.07) is 11.2. The highest BCUT2D eigenvalue weighted by Gasteiger charge is 2.18. The quantitative estimate of drug-likeness (QED) is 0.674. The lowest BCUT2D eigenvalue weighted by molar-refractivity contribution is -0.136. The van der Waals surface area contributed by atoms with Crippen LogP contribution >= 0.6 is 27.5 Å². The summed E-state index contributed by atoms with van der Waals surface area (Å²) >= 11 is 9.04. The van der Waals surface area contributed by atoms with Crippen molar-refractivity contribution in [1.29, 1.82) is 0 Å². The summed E-state index contributed by atoms with van der Waals surface area (Å²) in [6.07, 6.45) is 0. The highest BCUT2D eigenvalue weighted by atomic mass is 79.9. The molecule has 2 amide bonds. The molecule has 0 aliphatic rings. The van der Waals surface area contributed by atoms with Crippen LogP contribution in [0.1, 0.15) is 15.9 Å². The molecule has 24 heavy (non-hydrogen) atoms. The summed E-state index contributed by atoms with van der Waals surface area (Å²) in [7, 11) is 0. The monoisotopic (exact) mass is 410 g/mol. The van der Waals surface area contributed by atoms with Crippen LogP contribution in [-0.4, -0.2) is 22.9 Å². The number of amides is 2. The van der Waals surface area contributed by atoms with Gasteiger partial charge in [0, 0.05) is 16.0 Å². The third kappa shape index (κ3) is 4.81. The largest absolute Gasteiger partial charge is 0.478 e. The molecule has 2 aromatic carbocycles. The van der Waals surface area contributed by atoms with Gasteiger partial charge in [0.15, 0.2) is 0 Å². The van der Waals surface area contributed by atoms with Gasteiger partial charge in [-0.05, 0) is 35.9 Å². The summed E-state index contributed by atoms with van der Waals surface area (Å²) in [5, 5.41) is 14.0.